The second-order valence-electron chi connectivity index (χ2n) is 6.97. The molecule has 0 radical (unpaired) electrons. The lowest BCUT2D eigenvalue weighted by atomic mass is 10.1. The molecule has 13 heteroatoms. The number of fused-ring (bicyclic) bond motifs is 1. The van der Waals surface area contributed by atoms with Crippen molar-refractivity contribution in [3.8, 4) is 0 Å². The molecule has 6 N–H and O–H groups in total. The van der Waals surface area contributed by atoms with Crippen LogP contribution >= 0.6 is 0 Å². The number of aliphatic carboxylic acids is 1. The zero-order valence-electron chi connectivity index (χ0n) is 15.0. The maximum Gasteiger partial charge on any atom is 0.332 e. The largest absolute Gasteiger partial charge is 0.479 e. The number of nitrogen functional groups attached to an aromatic ring is 1. The fraction of sp³-hybridized carbons (Fsp3) is 0.600. The number of thiol groups is 1. The van der Waals surface area contributed by atoms with Gasteiger partial charge in [-0.3, -0.25) is 8.78 Å². The number of carboxylic acids is 1. The summed E-state index contributed by atoms with van der Waals surface area (Å²) in [4.78, 5) is 22.7. The number of carbonyl (C=O) groups is 1. The first-order valence-electron chi connectivity index (χ1n) is 8.52. The SMILES string of the molecule is C[SH](=O)(CC[C@H](O)C(=O)O)C[C@H]1O[C@@H](n2cnc3c(N)ncnc32)[C@H](O)[C@@H]1O. The number of nitrogens with two attached hydrogens (primary N) is 1. The first-order chi connectivity index (χ1) is 13.1. The van der Waals surface area contributed by atoms with E-state index in [4.69, 9.17) is 15.6 Å². The van der Waals surface area contributed by atoms with Crippen molar-refractivity contribution < 1.29 is 34.2 Å². The molecule has 0 unspecified atom stereocenters. The van der Waals surface area contributed by atoms with E-state index in [0.29, 0.717) is 11.2 Å². The topological polar surface area (TPSA) is 194 Å². The lowest BCUT2D eigenvalue weighted by Crippen LogP contribution is -2.38. The highest BCUT2D eigenvalue weighted by molar-refractivity contribution is 8.02. The van der Waals surface area contributed by atoms with Crippen molar-refractivity contribution in [1.29, 1.82) is 0 Å². The Bertz CT molecular complexity index is 921. The average molecular weight is 417 g/mol. The molecule has 1 aliphatic heterocycles. The highest BCUT2D eigenvalue weighted by Gasteiger charge is 2.45. The quantitative estimate of drug-likeness (QED) is 0.261. The first-order valence-corrected chi connectivity index (χ1v) is 11.0. The van der Waals surface area contributed by atoms with Crippen LogP contribution in [-0.4, -0.2) is 92.3 Å². The summed E-state index contributed by atoms with van der Waals surface area (Å²) in [6, 6.07) is 0. The lowest BCUT2D eigenvalue weighted by molar-refractivity contribution is -0.146. The zero-order valence-corrected chi connectivity index (χ0v) is 15.9. The van der Waals surface area contributed by atoms with E-state index in [1.807, 2.05) is 0 Å². The number of aromatic nitrogens is 4. The van der Waals surface area contributed by atoms with Gasteiger partial charge in [-0.1, -0.05) is 0 Å². The van der Waals surface area contributed by atoms with Crippen molar-refractivity contribution in [2.75, 3.05) is 23.5 Å². The number of imidazole rings is 1. The van der Waals surface area contributed by atoms with E-state index in [2.05, 4.69) is 15.0 Å². The van der Waals surface area contributed by atoms with Gasteiger partial charge in [0.05, 0.1) is 12.4 Å². The Morgan fingerprint density at radius 3 is 2.75 bits per heavy atom. The molecule has 2 aromatic heterocycles. The van der Waals surface area contributed by atoms with Crippen LogP contribution in [0.1, 0.15) is 12.6 Å². The molecule has 0 aromatic carbocycles. The smallest absolute Gasteiger partial charge is 0.332 e. The third-order valence-electron chi connectivity index (χ3n) is 4.73. The molecule has 2 aromatic rings. The maximum atomic E-state index is 12.8. The maximum absolute atomic E-state index is 12.8. The molecular weight excluding hydrogens is 394 g/mol. The number of nitrogens with zero attached hydrogens (tertiary/aromatic N) is 4. The van der Waals surface area contributed by atoms with Gasteiger partial charge in [-0.25, -0.2) is 19.7 Å². The summed E-state index contributed by atoms with van der Waals surface area (Å²) < 4.78 is 19.9. The fourth-order valence-corrected chi connectivity index (χ4v) is 5.19. The third-order valence-corrected chi connectivity index (χ3v) is 7.06. The Kier molecular flexibility index (Phi) is 5.63. The molecule has 0 bridgehead atoms. The highest BCUT2D eigenvalue weighted by atomic mass is 32.2. The van der Waals surface area contributed by atoms with Crippen LogP contribution in [0.5, 0.6) is 0 Å². The number of aliphatic hydroxyl groups excluding tert-OH is 3. The summed E-state index contributed by atoms with van der Waals surface area (Å²) in [5.74, 6) is -1.35. The summed E-state index contributed by atoms with van der Waals surface area (Å²) in [5.41, 5.74) is 6.37. The summed E-state index contributed by atoms with van der Waals surface area (Å²) >= 11 is 0. The Labute approximate surface area is 160 Å². The van der Waals surface area contributed by atoms with E-state index >= 15 is 0 Å². The molecule has 1 saturated heterocycles. The summed E-state index contributed by atoms with van der Waals surface area (Å²) in [5, 5.41) is 38.8. The third kappa shape index (κ3) is 3.98. The summed E-state index contributed by atoms with van der Waals surface area (Å²) in [6.07, 6.45) is -2.38. The molecule has 5 atom stereocenters. The molecule has 12 nitrogen and oxygen atoms in total. The Morgan fingerprint density at radius 1 is 1.36 bits per heavy atom. The number of hydrogen-bond donors (Lipinski definition) is 6. The van der Waals surface area contributed by atoms with Crippen LogP contribution < -0.4 is 5.73 Å². The van der Waals surface area contributed by atoms with Crippen molar-refractivity contribution in [3.63, 3.8) is 0 Å². The predicted molar refractivity (Wildman–Crippen MR) is 99.1 cm³/mol. The second-order valence-corrected chi connectivity index (χ2v) is 10.4. The number of hydrogen-bond acceptors (Lipinski definition) is 10. The van der Waals surface area contributed by atoms with Crippen LogP contribution in [0.2, 0.25) is 0 Å². The van der Waals surface area contributed by atoms with E-state index in [1.165, 1.54) is 23.5 Å². The molecule has 0 saturated carbocycles. The predicted octanol–water partition coefficient (Wildman–Crippen LogP) is -2.49. The molecule has 0 amide bonds. The number of carboxylic acid groups (broad SMARTS) is 1. The van der Waals surface area contributed by atoms with E-state index in [-0.39, 0.29) is 23.7 Å². The van der Waals surface area contributed by atoms with Gasteiger partial charge < -0.3 is 30.9 Å². The van der Waals surface area contributed by atoms with Crippen molar-refractivity contribution in [1.82, 2.24) is 19.5 Å². The second kappa shape index (κ2) is 7.67. The average Bonchev–Trinajstić information content (AvgIpc) is 3.17. The minimum absolute atomic E-state index is 0.0361. The number of ether oxygens (including phenoxy) is 1. The molecule has 0 spiro atoms. The van der Waals surface area contributed by atoms with Crippen molar-refractivity contribution in [2.24, 2.45) is 0 Å². The van der Waals surface area contributed by atoms with E-state index in [1.54, 1.807) is 0 Å². The molecule has 3 rings (SSSR count). The van der Waals surface area contributed by atoms with Gasteiger partial charge in [0.25, 0.3) is 0 Å². The Balaban J connectivity index is 1.74. The van der Waals surface area contributed by atoms with Gasteiger partial charge >= 0.3 is 5.97 Å². The summed E-state index contributed by atoms with van der Waals surface area (Å²) in [7, 11) is -2.95. The minimum Gasteiger partial charge on any atom is -0.479 e. The van der Waals surface area contributed by atoms with E-state index in [0.717, 1.165) is 0 Å². The Morgan fingerprint density at radius 2 is 2.07 bits per heavy atom. The van der Waals surface area contributed by atoms with Gasteiger partial charge in [0.15, 0.2) is 23.8 Å². The molecule has 1 fully saturated rings. The van der Waals surface area contributed by atoms with Crippen molar-refractivity contribution in [3.05, 3.63) is 12.7 Å². The van der Waals surface area contributed by atoms with Gasteiger partial charge in [0.2, 0.25) is 0 Å². The monoisotopic (exact) mass is 417 g/mol. The van der Waals surface area contributed by atoms with Gasteiger partial charge in [0, 0.05) is 11.5 Å². The van der Waals surface area contributed by atoms with Crippen LogP contribution in [-0.2, 0) is 19.5 Å². The zero-order chi connectivity index (χ0) is 20.6. The van der Waals surface area contributed by atoms with Gasteiger partial charge in [0.1, 0.15) is 24.1 Å². The molecule has 1 aliphatic rings. The van der Waals surface area contributed by atoms with E-state index in [9.17, 15) is 24.3 Å². The summed E-state index contributed by atoms with van der Waals surface area (Å²) in [6.45, 7) is 0. The molecule has 3 heterocycles. The lowest BCUT2D eigenvalue weighted by Gasteiger charge is -2.24. The Hall–Kier alpha value is -2.19. The van der Waals surface area contributed by atoms with E-state index < -0.39 is 46.5 Å². The van der Waals surface area contributed by atoms with Crippen LogP contribution in [0.15, 0.2) is 12.7 Å². The molecule has 156 valence electrons. The van der Waals surface area contributed by atoms with Crippen LogP contribution in [0.3, 0.4) is 0 Å². The van der Waals surface area contributed by atoms with Crippen LogP contribution in [0.25, 0.3) is 11.2 Å². The van der Waals surface area contributed by atoms with Crippen LogP contribution in [0, 0.1) is 0 Å². The molecule has 0 aliphatic carbocycles. The first kappa shape index (κ1) is 20.5. The number of rotatable bonds is 7. The number of anilines is 1. The molecule has 28 heavy (non-hydrogen) atoms. The van der Waals surface area contributed by atoms with Crippen LogP contribution in [0.4, 0.5) is 5.82 Å². The molecular formula is C15H23N5O7S. The highest BCUT2D eigenvalue weighted by Crippen LogP contribution is 2.33. The van der Waals surface area contributed by atoms with Gasteiger partial charge in [-0.15, -0.1) is 9.93 Å². The van der Waals surface area contributed by atoms with Crippen molar-refractivity contribution in [2.45, 2.75) is 37.1 Å². The van der Waals surface area contributed by atoms with Gasteiger partial charge in [-0.05, 0) is 12.7 Å². The standard InChI is InChI=1S/C15H23N5O7S/c1-28(26,3-2-7(21)15(24)25)4-8-10(22)11(23)14(27-8)20-6-19-9-12(16)17-5-18-13(9)20/h5-8,10-11,14,21-23,28H,2-4H2,1H3,(H,24,25)(H2,16,17,18)/t7-,8+,10+,11+,14+/m0/s1. The van der Waals surface area contributed by atoms with Gasteiger partial charge in [-0.2, -0.15) is 0 Å². The fourth-order valence-electron chi connectivity index (χ4n) is 3.16. The number of aliphatic hydroxyl groups is 3. The minimum atomic E-state index is -2.95. The van der Waals surface area contributed by atoms with Crippen molar-refractivity contribution >= 4 is 32.9 Å². The normalized spacial score (nSPS) is 27.1.